The van der Waals surface area contributed by atoms with Crippen LogP contribution < -0.4 is 5.32 Å². The number of non-ortho nitro benzene ring substituents is 1. The van der Waals surface area contributed by atoms with E-state index < -0.39 is 4.92 Å². The maximum atomic E-state index is 11.8. The predicted molar refractivity (Wildman–Crippen MR) is 79.2 cm³/mol. The molecule has 7 nitrogen and oxygen atoms in total. The van der Waals surface area contributed by atoms with Crippen LogP contribution in [0.25, 0.3) is 0 Å². The lowest BCUT2D eigenvalue weighted by Crippen LogP contribution is -2.15. The van der Waals surface area contributed by atoms with Crippen molar-refractivity contribution in [3.8, 4) is 0 Å². The third-order valence-electron chi connectivity index (χ3n) is 3.30. The second kappa shape index (κ2) is 5.21. The van der Waals surface area contributed by atoms with Crippen molar-refractivity contribution in [2.75, 3.05) is 11.1 Å². The third-order valence-corrected chi connectivity index (χ3v) is 4.58. The van der Waals surface area contributed by atoms with E-state index in [1.54, 1.807) is 30.1 Å². The molecule has 1 aliphatic rings. The molecule has 0 saturated heterocycles. The molecule has 1 atom stereocenters. The zero-order chi connectivity index (χ0) is 15.0. The Balaban J connectivity index is 2.01. The molecule has 8 heteroatoms. The van der Waals surface area contributed by atoms with Gasteiger partial charge in [-0.2, -0.15) is 5.10 Å². The number of nitro groups is 1. The molecular formula is C13H12N4O3S. The molecule has 0 unspecified atom stereocenters. The highest BCUT2D eigenvalue weighted by molar-refractivity contribution is 8.00. The molecule has 2 heterocycles. The summed E-state index contributed by atoms with van der Waals surface area (Å²) in [5, 5.41) is 17.7. The summed E-state index contributed by atoms with van der Waals surface area (Å²) in [4.78, 5) is 22.0. The van der Waals surface area contributed by atoms with Gasteiger partial charge in [-0.15, -0.1) is 11.8 Å². The highest BCUT2D eigenvalue weighted by Gasteiger charge is 2.27. The van der Waals surface area contributed by atoms with Gasteiger partial charge in [0, 0.05) is 24.7 Å². The molecule has 0 aliphatic carbocycles. The van der Waals surface area contributed by atoms with E-state index in [4.69, 9.17) is 0 Å². The molecule has 0 saturated carbocycles. The number of anilines is 1. The minimum atomic E-state index is -0.426. The lowest BCUT2D eigenvalue weighted by Gasteiger charge is -2.13. The van der Waals surface area contributed by atoms with Crippen LogP contribution in [0.5, 0.6) is 0 Å². The molecule has 1 amide bonds. The van der Waals surface area contributed by atoms with Gasteiger partial charge in [0.05, 0.1) is 22.1 Å². The standard InChI is InChI=1S/C13H12N4O3S/c1-16-13-10(6-14-16)12(21-7-11(18)15-13)8-2-4-9(5-3-8)17(19)20/h2-6,12H,7H2,1H3,(H,15,18)/t12-/m0/s1. The number of rotatable bonds is 2. The summed E-state index contributed by atoms with van der Waals surface area (Å²) < 4.78 is 1.62. The molecule has 0 radical (unpaired) electrons. The van der Waals surface area contributed by atoms with Crippen LogP contribution in [-0.4, -0.2) is 26.4 Å². The van der Waals surface area contributed by atoms with Gasteiger partial charge in [-0.25, -0.2) is 0 Å². The number of benzene rings is 1. The van der Waals surface area contributed by atoms with Gasteiger partial charge in [0.2, 0.25) is 5.91 Å². The number of aryl methyl sites for hydroxylation is 1. The molecule has 2 aromatic rings. The number of nitro benzene ring substituents is 1. The van der Waals surface area contributed by atoms with Crippen molar-refractivity contribution in [3.63, 3.8) is 0 Å². The van der Waals surface area contributed by atoms with Crippen LogP contribution in [0.2, 0.25) is 0 Å². The number of nitrogens with one attached hydrogen (secondary N) is 1. The first-order chi connectivity index (χ1) is 10.1. The van der Waals surface area contributed by atoms with Gasteiger partial charge in [-0.3, -0.25) is 19.6 Å². The summed E-state index contributed by atoms with van der Waals surface area (Å²) in [6.07, 6.45) is 1.72. The van der Waals surface area contributed by atoms with Crippen molar-refractivity contribution in [1.29, 1.82) is 0 Å². The summed E-state index contributed by atoms with van der Waals surface area (Å²) >= 11 is 1.48. The van der Waals surface area contributed by atoms with Crippen LogP contribution in [0.3, 0.4) is 0 Å². The number of carbonyl (C=O) groups is 1. The number of thioether (sulfide) groups is 1. The quantitative estimate of drug-likeness (QED) is 0.678. The first kappa shape index (κ1) is 13.6. The Bertz CT molecular complexity index is 711. The fourth-order valence-electron chi connectivity index (χ4n) is 2.26. The van der Waals surface area contributed by atoms with E-state index in [2.05, 4.69) is 10.4 Å². The lowest BCUT2D eigenvalue weighted by molar-refractivity contribution is -0.384. The molecule has 21 heavy (non-hydrogen) atoms. The Labute approximate surface area is 124 Å². The molecule has 3 rings (SSSR count). The van der Waals surface area contributed by atoms with E-state index in [-0.39, 0.29) is 16.8 Å². The maximum absolute atomic E-state index is 11.8. The van der Waals surface area contributed by atoms with E-state index in [9.17, 15) is 14.9 Å². The van der Waals surface area contributed by atoms with Gasteiger partial charge >= 0.3 is 0 Å². The normalized spacial score (nSPS) is 17.8. The van der Waals surface area contributed by atoms with E-state index in [0.717, 1.165) is 11.1 Å². The lowest BCUT2D eigenvalue weighted by atomic mass is 10.1. The Morgan fingerprint density at radius 3 is 2.81 bits per heavy atom. The van der Waals surface area contributed by atoms with Crippen LogP contribution in [-0.2, 0) is 11.8 Å². The average molecular weight is 304 g/mol. The van der Waals surface area contributed by atoms with E-state index in [0.29, 0.717) is 11.6 Å². The number of carbonyl (C=O) groups excluding carboxylic acids is 1. The summed E-state index contributed by atoms with van der Waals surface area (Å²) in [6.45, 7) is 0. The molecule has 108 valence electrons. The molecule has 1 N–H and O–H groups in total. The van der Waals surface area contributed by atoms with E-state index in [1.807, 2.05) is 0 Å². The molecule has 0 spiro atoms. The smallest absolute Gasteiger partial charge is 0.269 e. The first-order valence-electron chi connectivity index (χ1n) is 6.24. The largest absolute Gasteiger partial charge is 0.310 e. The van der Waals surface area contributed by atoms with Gasteiger partial charge in [-0.1, -0.05) is 12.1 Å². The van der Waals surface area contributed by atoms with Crippen molar-refractivity contribution < 1.29 is 9.72 Å². The molecule has 1 aromatic carbocycles. The molecule has 1 aromatic heterocycles. The number of fused-ring (bicyclic) bond motifs is 1. The SMILES string of the molecule is Cn1ncc2c1NC(=O)CS[C@H]2c1ccc([N+](=O)[O-])cc1. The minimum Gasteiger partial charge on any atom is -0.310 e. The zero-order valence-electron chi connectivity index (χ0n) is 11.1. The predicted octanol–water partition coefficient (Wildman–Crippen LogP) is 2.10. The molecular weight excluding hydrogens is 292 g/mol. The average Bonchev–Trinajstić information content (AvgIpc) is 2.72. The Morgan fingerprint density at radius 1 is 1.43 bits per heavy atom. The van der Waals surface area contributed by atoms with Gasteiger partial charge in [-0.05, 0) is 5.56 Å². The van der Waals surface area contributed by atoms with Crippen LogP contribution in [0.1, 0.15) is 16.4 Å². The van der Waals surface area contributed by atoms with Gasteiger partial charge in [0.1, 0.15) is 5.82 Å². The molecule has 0 fully saturated rings. The van der Waals surface area contributed by atoms with E-state index >= 15 is 0 Å². The number of hydrogen-bond acceptors (Lipinski definition) is 5. The number of nitrogens with zero attached hydrogens (tertiary/aromatic N) is 3. The number of amides is 1. The van der Waals surface area contributed by atoms with Crippen LogP contribution in [0, 0.1) is 10.1 Å². The molecule has 0 bridgehead atoms. The second-order valence-corrected chi connectivity index (χ2v) is 5.75. The summed E-state index contributed by atoms with van der Waals surface area (Å²) in [6, 6.07) is 6.41. The fraction of sp³-hybridized carbons (Fsp3) is 0.231. The second-order valence-electron chi connectivity index (χ2n) is 4.66. The monoisotopic (exact) mass is 304 g/mol. The first-order valence-corrected chi connectivity index (χ1v) is 7.29. The van der Waals surface area contributed by atoms with E-state index in [1.165, 1.54) is 23.9 Å². The number of aromatic nitrogens is 2. The van der Waals surface area contributed by atoms with Crippen molar-refractivity contribution in [1.82, 2.24) is 9.78 Å². The zero-order valence-corrected chi connectivity index (χ0v) is 12.0. The Hall–Kier alpha value is -2.35. The Kier molecular flexibility index (Phi) is 3.38. The maximum Gasteiger partial charge on any atom is 0.269 e. The van der Waals surface area contributed by atoms with Crippen molar-refractivity contribution in [2.45, 2.75) is 5.25 Å². The van der Waals surface area contributed by atoms with Gasteiger partial charge in [0.15, 0.2) is 0 Å². The summed E-state index contributed by atoms with van der Waals surface area (Å²) in [7, 11) is 1.77. The van der Waals surface area contributed by atoms with Crippen molar-refractivity contribution in [3.05, 3.63) is 51.7 Å². The van der Waals surface area contributed by atoms with Crippen molar-refractivity contribution in [2.24, 2.45) is 7.05 Å². The highest BCUT2D eigenvalue weighted by Crippen LogP contribution is 2.41. The van der Waals surface area contributed by atoms with Crippen LogP contribution in [0.15, 0.2) is 30.5 Å². The summed E-state index contributed by atoms with van der Waals surface area (Å²) in [5.74, 6) is 0.929. The van der Waals surface area contributed by atoms with Crippen molar-refractivity contribution >= 4 is 29.2 Å². The third kappa shape index (κ3) is 2.49. The fourth-order valence-corrected chi connectivity index (χ4v) is 3.35. The number of hydrogen-bond donors (Lipinski definition) is 1. The topological polar surface area (TPSA) is 90.1 Å². The minimum absolute atomic E-state index is 0.0537. The van der Waals surface area contributed by atoms with Crippen LogP contribution in [0.4, 0.5) is 11.5 Å². The van der Waals surface area contributed by atoms with Crippen LogP contribution >= 0.6 is 11.8 Å². The molecule has 1 aliphatic heterocycles. The Morgan fingerprint density at radius 2 is 2.14 bits per heavy atom. The summed E-state index contributed by atoms with van der Waals surface area (Å²) in [5.41, 5.74) is 1.87. The van der Waals surface area contributed by atoms with Gasteiger partial charge < -0.3 is 5.32 Å². The van der Waals surface area contributed by atoms with Gasteiger partial charge in [0.25, 0.3) is 5.69 Å². The highest BCUT2D eigenvalue weighted by atomic mass is 32.2.